The number of nitrogens with one attached hydrogen (secondary N) is 2. The zero-order chi connectivity index (χ0) is 17.2. The first-order chi connectivity index (χ1) is 11.7. The standard InChI is InChI=1S/C18H21FN2O2S/c1-23-13-14-5-2-3-6-17(14)21-18(22)20-11-4-12-24-16-9-7-15(19)8-10-16/h2-3,5-10H,4,11-13H2,1H3,(H2,20,21,22). The van der Waals surface area contributed by atoms with Gasteiger partial charge in [0.15, 0.2) is 0 Å². The number of ether oxygens (including phenoxy) is 1. The predicted molar refractivity (Wildman–Crippen MR) is 95.9 cm³/mol. The van der Waals surface area contributed by atoms with E-state index in [2.05, 4.69) is 10.6 Å². The van der Waals surface area contributed by atoms with Crippen molar-refractivity contribution in [3.8, 4) is 0 Å². The number of amides is 2. The molecule has 2 amide bonds. The molecule has 0 aliphatic heterocycles. The van der Waals surface area contributed by atoms with Crippen LogP contribution >= 0.6 is 11.8 Å². The van der Waals surface area contributed by atoms with Gasteiger partial charge in [-0.2, -0.15) is 0 Å². The van der Waals surface area contributed by atoms with Crippen molar-refractivity contribution in [3.05, 3.63) is 59.9 Å². The van der Waals surface area contributed by atoms with Crippen molar-refractivity contribution >= 4 is 23.5 Å². The highest BCUT2D eigenvalue weighted by Gasteiger charge is 2.05. The summed E-state index contributed by atoms with van der Waals surface area (Å²) in [5.41, 5.74) is 1.68. The van der Waals surface area contributed by atoms with Crippen LogP contribution in [0.2, 0.25) is 0 Å². The fourth-order valence-corrected chi connectivity index (χ4v) is 2.94. The largest absolute Gasteiger partial charge is 0.380 e. The molecule has 2 aromatic carbocycles. The molecule has 0 fully saturated rings. The number of thioether (sulfide) groups is 1. The SMILES string of the molecule is COCc1ccccc1NC(=O)NCCCSc1ccc(F)cc1. The van der Waals surface area contributed by atoms with Crippen LogP contribution < -0.4 is 10.6 Å². The molecule has 24 heavy (non-hydrogen) atoms. The van der Waals surface area contributed by atoms with E-state index in [9.17, 15) is 9.18 Å². The number of hydrogen-bond acceptors (Lipinski definition) is 3. The van der Waals surface area contributed by atoms with Crippen molar-refractivity contribution in [2.24, 2.45) is 0 Å². The van der Waals surface area contributed by atoms with Crippen molar-refractivity contribution in [1.82, 2.24) is 5.32 Å². The molecule has 0 spiro atoms. The van der Waals surface area contributed by atoms with Crippen molar-refractivity contribution in [2.75, 3.05) is 24.7 Å². The quantitative estimate of drug-likeness (QED) is 0.553. The van der Waals surface area contributed by atoms with Gasteiger partial charge in [0.05, 0.1) is 6.61 Å². The number of rotatable bonds is 8. The summed E-state index contributed by atoms with van der Waals surface area (Å²) in [6, 6.07) is 13.7. The number of methoxy groups -OCH3 is 1. The average molecular weight is 348 g/mol. The number of anilines is 1. The van der Waals surface area contributed by atoms with Gasteiger partial charge in [0.1, 0.15) is 5.82 Å². The highest BCUT2D eigenvalue weighted by atomic mass is 32.2. The summed E-state index contributed by atoms with van der Waals surface area (Å²) in [7, 11) is 1.62. The van der Waals surface area contributed by atoms with Gasteiger partial charge in [-0.25, -0.2) is 9.18 Å². The molecule has 2 rings (SSSR count). The van der Waals surface area contributed by atoms with Crippen LogP contribution in [0.3, 0.4) is 0 Å². The molecule has 0 heterocycles. The lowest BCUT2D eigenvalue weighted by Gasteiger charge is -2.11. The lowest BCUT2D eigenvalue weighted by atomic mass is 10.2. The second kappa shape index (κ2) is 9.95. The average Bonchev–Trinajstić information content (AvgIpc) is 2.58. The van der Waals surface area contributed by atoms with E-state index < -0.39 is 0 Å². The molecule has 0 radical (unpaired) electrons. The molecule has 2 aromatic rings. The maximum absolute atomic E-state index is 12.8. The maximum Gasteiger partial charge on any atom is 0.319 e. The fourth-order valence-electron chi connectivity index (χ4n) is 2.09. The van der Waals surface area contributed by atoms with E-state index in [0.717, 1.165) is 28.3 Å². The van der Waals surface area contributed by atoms with E-state index in [4.69, 9.17) is 4.74 Å². The van der Waals surface area contributed by atoms with Crippen LogP contribution in [0.5, 0.6) is 0 Å². The zero-order valence-electron chi connectivity index (χ0n) is 13.5. The van der Waals surface area contributed by atoms with Crippen LogP contribution in [0.25, 0.3) is 0 Å². The molecule has 0 unspecified atom stereocenters. The van der Waals surface area contributed by atoms with E-state index in [1.54, 1.807) is 31.0 Å². The molecular weight excluding hydrogens is 327 g/mol. The number of benzene rings is 2. The number of hydrogen-bond donors (Lipinski definition) is 2. The Hall–Kier alpha value is -2.05. The smallest absolute Gasteiger partial charge is 0.319 e. The van der Waals surface area contributed by atoms with Crippen molar-refractivity contribution in [1.29, 1.82) is 0 Å². The summed E-state index contributed by atoms with van der Waals surface area (Å²) < 4.78 is 17.9. The Labute approximate surface area is 145 Å². The number of carbonyl (C=O) groups excluding carboxylic acids is 1. The van der Waals surface area contributed by atoms with E-state index in [0.29, 0.717) is 13.2 Å². The lowest BCUT2D eigenvalue weighted by Crippen LogP contribution is -2.30. The van der Waals surface area contributed by atoms with Crippen LogP contribution in [0, 0.1) is 5.82 Å². The summed E-state index contributed by atoms with van der Waals surface area (Å²) in [5, 5.41) is 5.66. The highest BCUT2D eigenvalue weighted by molar-refractivity contribution is 7.99. The highest BCUT2D eigenvalue weighted by Crippen LogP contribution is 2.18. The van der Waals surface area contributed by atoms with Gasteiger partial charge in [-0.15, -0.1) is 11.8 Å². The Morgan fingerprint density at radius 1 is 1.17 bits per heavy atom. The molecule has 0 atom stereocenters. The Morgan fingerprint density at radius 3 is 2.67 bits per heavy atom. The molecule has 6 heteroatoms. The third kappa shape index (κ3) is 6.22. The van der Waals surface area contributed by atoms with Gasteiger partial charge in [0.25, 0.3) is 0 Å². The first kappa shape index (κ1) is 18.3. The second-order valence-electron chi connectivity index (χ2n) is 5.13. The molecular formula is C18H21FN2O2S. The van der Waals surface area contributed by atoms with Crippen molar-refractivity contribution in [3.63, 3.8) is 0 Å². The van der Waals surface area contributed by atoms with Crippen LogP contribution in [-0.4, -0.2) is 25.4 Å². The monoisotopic (exact) mass is 348 g/mol. The van der Waals surface area contributed by atoms with E-state index >= 15 is 0 Å². The summed E-state index contributed by atoms with van der Waals surface area (Å²) in [6.45, 7) is 1.03. The van der Waals surface area contributed by atoms with E-state index in [-0.39, 0.29) is 11.8 Å². The van der Waals surface area contributed by atoms with Gasteiger partial charge in [-0.05, 0) is 42.5 Å². The Bertz CT molecular complexity index is 650. The van der Waals surface area contributed by atoms with Crippen LogP contribution in [0.4, 0.5) is 14.9 Å². The summed E-state index contributed by atoms with van der Waals surface area (Å²) >= 11 is 1.64. The van der Waals surface area contributed by atoms with Crippen molar-refractivity contribution < 1.29 is 13.9 Å². The molecule has 0 aliphatic carbocycles. The predicted octanol–water partition coefficient (Wildman–Crippen LogP) is 4.28. The van der Waals surface area contributed by atoms with Gasteiger partial charge >= 0.3 is 6.03 Å². The van der Waals surface area contributed by atoms with Crippen LogP contribution in [0.15, 0.2) is 53.4 Å². The first-order valence-electron chi connectivity index (χ1n) is 7.69. The summed E-state index contributed by atoms with van der Waals surface area (Å²) in [4.78, 5) is 13.0. The lowest BCUT2D eigenvalue weighted by molar-refractivity contribution is 0.185. The number of halogens is 1. The maximum atomic E-state index is 12.8. The van der Waals surface area contributed by atoms with Gasteiger partial charge in [0, 0.05) is 29.8 Å². The molecule has 4 nitrogen and oxygen atoms in total. The normalized spacial score (nSPS) is 10.4. The first-order valence-corrected chi connectivity index (χ1v) is 8.67. The summed E-state index contributed by atoms with van der Waals surface area (Å²) in [5.74, 6) is 0.623. The van der Waals surface area contributed by atoms with Gasteiger partial charge in [0.2, 0.25) is 0 Å². The molecule has 0 saturated heterocycles. The topological polar surface area (TPSA) is 50.4 Å². The fraction of sp³-hybridized carbons (Fsp3) is 0.278. The van der Waals surface area contributed by atoms with E-state index in [1.807, 2.05) is 24.3 Å². The molecule has 0 bridgehead atoms. The van der Waals surface area contributed by atoms with Crippen LogP contribution in [0.1, 0.15) is 12.0 Å². The minimum atomic E-state index is -0.231. The van der Waals surface area contributed by atoms with E-state index in [1.165, 1.54) is 12.1 Å². The Balaban J connectivity index is 1.67. The third-order valence-corrected chi connectivity index (χ3v) is 4.35. The number of urea groups is 1. The molecule has 0 aliphatic rings. The molecule has 0 saturated carbocycles. The van der Waals surface area contributed by atoms with Crippen molar-refractivity contribution in [2.45, 2.75) is 17.9 Å². The minimum Gasteiger partial charge on any atom is -0.380 e. The molecule has 0 aromatic heterocycles. The number of carbonyl (C=O) groups is 1. The molecule has 128 valence electrons. The molecule has 2 N–H and O–H groups in total. The minimum absolute atomic E-state index is 0.230. The summed E-state index contributed by atoms with van der Waals surface area (Å²) in [6.07, 6.45) is 0.829. The Kier molecular flexibility index (Phi) is 7.58. The second-order valence-corrected chi connectivity index (χ2v) is 6.30. The van der Waals surface area contributed by atoms with Gasteiger partial charge in [-0.1, -0.05) is 18.2 Å². The zero-order valence-corrected chi connectivity index (χ0v) is 14.4. The van der Waals surface area contributed by atoms with Gasteiger partial charge < -0.3 is 15.4 Å². The van der Waals surface area contributed by atoms with Gasteiger partial charge in [-0.3, -0.25) is 0 Å². The number of para-hydroxylation sites is 1. The van der Waals surface area contributed by atoms with Crippen LogP contribution in [-0.2, 0) is 11.3 Å². The third-order valence-electron chi connectivity index (χ3n) is 3.25. The Morgan fingerprint density at radius 2 is 1.92 bits per heavy atom.